The molecule has 1 unspecified atom stereocenters. The molecule has 1 N–H and O–H groups in total. The second kappa shape index (κ2) is 5.99. The van der Waals surface area contributed by atoms with Crippen LogP contribution in [0.5, 0.6) is 0 Å². The summed E-state index contributed by atoms with van der Waals surface area (Å²) in [5.41, 5.74) is -0.542. The molecule has 1 aromatic rings. The molecule has 1 aliphatic rings. The second-order valence-corrected chi connectivity index (χ2v) is 6.90. The fourth-order valence-electron chi connectivity index (χ4n) is 2.74. The molecule has 0 spiro atoms. The van der Waals surface area contributed by atoms with Gasteiger partial charge in [0.25, 0.3) is 0 Å². The number of benzene rings is 1. The van der Waals surface area contributed by atoms with E-state index in [9.17, 15) is 14.7 Å². The van der Waals surface area contributed by atoms with Gasteiger partial charge in [-0.3, -0.25) is 4.79 Å². The minimum absolute atomic E-state index is 0.187. The molecule has 1 amide bonds. The molecular formula is C17H23NO4. The Morgan fingerprint density at radius 3 is 2.45 bits per heavy atom. The van der Waals surface area contributed by atoms with Crippen molar-refractivity contribution in [1.29, 1.82) is 0 Å². The van der Waals surface area contributed by atoms with Gasteiger partial charge in [0.05, 0.1) is 5.41 Å². The number of ether oxygens (including phenoxy) is 1. The predicted octanol–water partition coefficient (Wildman–Crippen LogP) is 2.94. The number of amides is 1. The summed E-state index contributed by atoms with van der Waals surface area (Å²) in [4.78, 5) is 25.4. The van der Waals surface area contributed by atoms with Crippen LogP contribution in [0.15, 0.2) is 30.3 Å². The van der Waals surface area contributed by atoms with E-state index in [2.05, 4.69) is 0 Å². The maximum Gasteiger partial charge on any atom is 0.410 e. The van der Waals surface area contributed by atoms with Crippen molar-refractivity contribution in [2.24, 2.45) is 5.41 Å². The van der Waals surface area contributed by atoms with Crippen molar-refractivity contribution in [3.8, 4) is 0 Å². The Labute approximate surface area is 130 Å². The molecule has 0 radical (unpaired) electrons. The molecule has 1 aromatic carbocycles. The molecule has 1 heterocycles. The third kappa shape index (κ3) is 3.78. The largest absolute Gasteiger partial charge is 0.481 e. The number of carboxylic acid groups (broad SMARTS) is 1. The molecule has 22 heavy (non-hydrogen) atoms. The molecule has 0 saturated carbocycles. The monoisotopic (exact) mass is 305 g/mol. The van der Waals surface area contributed by atoms with E-state index in [0.717, 1.165) is 5.56 Å². The van der Waals surface area contributed by atoms with Gasteiger partial charge in [0.15, 0.2) is 0 Å². The van der Waals surface area contributed by atoms with E-state index in [1.165, 1.54) is 4.90 Å². The molecule has 0 bridgehead atoms. The molecule has 5 heteroatoms. The molecule has 120 valence electrons. The maximum absolute atomic E-state index is 12.1. The lowest BCUT2D eigenvalue weighted by Crippen LogP contribution is -2.40. The van der Waals surface area contributed by atoms with Crippen LogP contribution in [0.2, 0.25) is 0 Å². The van der Waals surface area contributed by atoms with Gasteiger partial charge in [0.2, 0.25) is 0 Å². The first-order valence-electron chi connectivity index (χ1n) is 7.47. The first kappa shape index (κ1) is 16.3. The van der Waals surface area contributed by atoms with Crippen molar-refractivity contribution in [2.75, 3.05) is 13.1 Å². The van der Waals surface area contributed by atoms with Crippen LogP contribution in [-0.2, 0) is 16.0 Å². The van der Waals surface area contributed by atoms with Gasteiger partial charge in [0.1, 0.15) is 5.60 Å². The molecule has 1 fully saturated rings. The fraction of sp³-hybridized carbons (Fsp3) is 0.529. The minimum atomic E-state index is -0.932. The number of carbonyl (C=O) groups is 2. The number of rotatable bonds is 3. The van der Waals surface area contributed by atoms with E-state index in [0.29, 0.717) is 19.4 Å². The predicted molar refractivity (Wildman–Crippen MR) is 82.6 cm³/mol. The fourth-order valence-corrected chi connectivity index (χ4v) is 2.74. The van der Waals surface area contributed by atoms with Crippen LogP contribution in [0.1, 0.15) is 32.8 Å². The zero-order valence-electron chi connectivity index (χ0n) is 13.3. The molecule has 1 atom stereocenters. The van der Waals surface area contributed by atoms with Gasteiger partial charge in [-0.1, -0.05) is 30.3 Å². The van der Waals surface area contributed by atoms with Gasteiger partial charge in [-0.2, -0.15) is 0 Å². The summed E-state index contributed by atoms with van der Waals surface area (Å²) in [5.74, 6) is -0.859. The molecule has 0 aliphatic carbocycles. The summed E-state index contributed by atoms with van der Waals surface area (Å²) in [6, 6.07) is 9.52. The second-order valence-electron chi connectivity index (χ2n) is 6.90. The van der Waals surface area contributed by atoms with E-state index < -0.39 is 23.1 Å². The Kier molecular flexibility index (Phi) is 4.44. The smallest absolute Gasteiger partial charge is 0.410 e. The normalized spacial score (nSPS) is 21.7. The van der Waals surface area contributed by atoms with Crippen LogP contribution in [0.25, 0.3) is 0 Å². The summed E-state index contributed by atoms with van der Waals surface area (Å²) < 4.78 is 5.34. The van der Waals surface area contributed by atoms with Crippen molar-refractivity contribution < 1.29 is 19.4 Å². The Morgan fingerprint density at radius 1 is 1.27 bits per heavy atom. The van der Waals surface area contributed by atoms with Crippen LogP contribution in [0.3, 0.4) is 0 Å². The quantitative estimate of drug-likeness (QED) is 0.932. The number of hydrogen-bond acceptors (Lipinski definition) is 3. The highest BCUT2D eigenvalue weighted by Gasteiger charge is 2.47. The Bertz CT molecular complexity index is 550. The topological polar surface area (TPSA) is 66.8 Å². The van der Waals surface area contributed by atoms with Crippen LogP contribution < -0.4 is 0 Å². The maximum atomic E-state index is 12.1. The van der Waals surface area contributed by atoms with Gasteiger partial charge in [-0.05, 0) is 39.2 Å². The molecule has 1 saturated heterocycles. The summed E-state index contributed by atoms with van der Waals surface area (Å²) in [5, 5.41) is 9.68. The van der Waals surface area contributed by atoms with Gasteiger partial charge in [0, 0.05) is 13.1 Å². The molecule has 2 rings (SSSR count). The van der Waals surface area contributed by atoms with E-state index in [1.54, 1.807) is 20.8 Å². The Balaban J connectivity index is 2.11. The lowest BCUT2D eigenvalue weighted by Gasteiger charge is -2.27. The summed E-state index contributed by atoms with van der Waals surface area (Å²) in [6.07, 6.45) is 0.419. The average molecular weight is 305 g/mol. The summed E-state index contributed by atoms with van der Waals surface area (Å²) >= 11 is 0. The molecule has 1 aliphatic heterocycles. The van der Waals surface area contributed by atoms with Gasteiger partial charge in [-0.15, -0.1) is 0 Å². The van der Waals surface area contributed by atoms with Crippen molar-refractivity contribution in [1.82, 2.24) is 4.90 Å². The number of carboxylic acids is 1. The van der Waals surface area contributed by atoms with Gasteiger partial charge in [-0.25, -0.2) is 4.79 Å². The van der Waals surface area contributed by atoms with Crippen LogP contribution in [0, 0.1) is 5.41 Å². The minimum Gasteiger partial charge on any atom is -0.481 e. The van der Waals surface area contributed by atoms with E-state index in [4.69, 9.17) is 4.74 Å². The van der Waals surface area contributed by atoms with Crippen LogP contribution in [0.4, 0.5) is 4.79 Å². The standard InChI is InChI=1S/C17H23NO4/c1-16(2,3)22-15(21)18-10-9-17(12-18,14(19)20)11-13-7-5-4-6-8-13/h4-8H,9-12H2,1-3H3,(H,19,20). The molecule has 0 aromatic heterocycles. The molecular weight excluding hydrogens is 282 g/mol. The van der Waals surface area contributed by atoms with E-state index >= 15 is 0 Å². The summed E-state index contributed by atoms with van der Waals surface area (Å²) in [6.45, 7) is 6.00. The van der Waals surface area contributed by atoms with Crippen molar-refractivity contribution in [3.05, 3.63) is 35.9 Å². The third-order valence-corrected chi connectivity index (χ3v) is 3.84. The number of nitrogens with zero attached hydrogens (tertiary/aromatic N) is 1. The Hall–Kier alpha value is -2.04. The highest BCUT2D eigenvalue weighted by molar-refractivity contribution is 5.78. The van der Waals surface area contributed by atoms with Crippen LogP contribution >= 0.6 is 0 Å². The van der Waals surface area contributed by atoms with Gasteiger partial charge >= 0.3 is 12.1 Å². The lowest BCUT2D eigenvalue weighted by molar-refractivity contribution is -0.148. The van der Waals surface area contributed by atoms with Gasteiger partial charge < -0.3 is 14.7 Å². The number of hydrogen-bond donors (Lipinski definition) is 1. The SMILES string of the molecule is CC(C)(C)OC(=O)N1CCC(Cc2ccccc2)(C(=O)O)C1. The zero-order chi connectivity index (χ0) is 16.4. The Morgan fingerprint density at radius 2 is 1.91 bits per heavy atom. The number of carbonyl (C=O) groups excluding carboxylic acids is 1. The van der Waals surface area contributed by atoms with E-state index in [-0.39, 0.29) is 6.54 Å². The number of aliphatic carboxylic acids is 1. The highest BCUT2D eigenvalue weighted by atomic mass is 16.6. The van der Waals surface area contributed by atoms with Crippen molar-refractivity contribution in [2.45, 2.75) is 39.2 Å². The first-order valence-corrected chi connectivity index (χ1v) is 7.47. The lowest BCUT2D eigenvalue weighted by atomic mass is 9.81. The summed E-state index contributed by atoms with van der Waals surface area (Å²) in [7, 11) is 0. The molecule has 5 nitrogen and oxygen atoms in total. The van der Waals surface area contributed by atoms with Crippen molar-refractivity contribution in [3.63, 3.8) is 0 Å². The first-order chi connectivity index (χ1) is 10.2. The van der Waals surface area contributed by atoms with E-state index in [1.807, 2.05) is 30.3 Å². The number of likely N-dealkylation sites (tertiary alicyclic amines) is 1. The zero-order valence-corrected chi connectivity index (χ0v) is 13.3. The van der Waals surface area contributed by atoms with Crippen LogP contribution in [-0.4, -0.2) is 40.8 Å². The average Bonchev–Trinajstić information content (AvgIpc) is 2.84. The highest BCUT2D eigenvalue weighted by Crippen LogP contribution is 2.35. The third-order valence-electron chi connectivity index (χ3n) is 3.84. The van der Waals surface area contributed by atoms with Crippen molar-refractivity contribution >= 4 is 12.1 Å².